The molecular weight excluding hydrogens is 510 g/mol. The third-order valence-corrected chi connectivity index (χ3v) is 5.25. The Labute approximate surface area is 230 Å². The van der Waals surface area contributed by atoms with Crippen molar-refractivity contribution in [3.05, 3.63) is 23.8 Å². The predicted molar refractivity (Wildman–Crippen MR) is 143 cm³/mol. The van der Waals surface area contributed by atoms with Gasteiger partial charge in [0.25, 0.3) is 0 Å². The molecule has 0 aliphatic rings. The second kappa shape index (κ2) is 14.2. The highest BCUT2D eigenvalue weighted by Gasteiger charge is 2.26. The highest BCUT2D eigenvalue weighted by Crippen LogP contribution is 2.31. The molecule has 0 saturated carbocycles. The van der Waals surface area contributed by atoms with Crippen LogP contribution >= 0.6 is 0 Å². The Balaban J connectivity index is 3.07. The van der Waals surface area contributed by atoms with Gasteiger partial charge in [0.15, 0.2) is 11.5 Å². The van der Waals surface area contributed by atoms with Gasteiger partial charge in [-0.15, -0.1) is 0 Å². The first-order valence-corrected chi connectivity index (χ1v) is 12.9. The fourth-order valence-corrected chi connectivity index (χ4v) is 2.97. The number of benzene rings is 1. The molecule has 0 amide bonds. The predicted octanol–water partition coefficient (Wildman–Crippen LogP) is 5.12. The molecule has 0 fully saturated rings. The zero-order valence-corrected chi connectivity index (χ0v) is 24.6. The van der Waals surface area contributed by atoms with Gasteiger partial charge in [-0.25, -0.2) is 9.59 Å². The highest BCUT2D eigenvalue weighted by molar-refractivity contribution is 5.74. The number of hydrogen-bond donors (Lipinski definition) is 2. The lowest BCUT2D eigenvalue weighted by Gasteiger charge is -2.22. The van der Waals surface area contributed by atoms with Crippen molar-refractivity contribution >= 4 is 24.2 Å². The fourth-order valence-electron chi connectivity index (χ4n) is 2.97. The van der Waals surface area contributed by atoms with Gasteiger partial charge in [-0.1, -0.05) is 26.8 Å². The quantitative estimate of drug-likeness (QED) is 0.214. The Hall–Kier alpha value is -3.34. The molecule has 2 unspecified atom stereocenters. The van der Waals surface area contributed by atoms with E-state index in [0.29, 0.717) is 5.56 Å². The minimum absolute atomic E-state index is 0.0181. The van der Waals surface area contributed by atoms with Gasteiger partial charge in [0.2, 0.25) is 0 Å². The van der Waals surface area contributed by atoms with Crippen LogP contribution in [0, 0.1) is 11.8 Å². The monoisotopic (exact) mass is 553 g/mol. The summed E-state index contributed by atoms with van der Waals surface area (Å²) in [6, 6.07) is 3.23. The van der Waals surface area contributed by atoms with Crippen LogP contribution in [0.15, 0.2) is 18.2 Å². The number of carbonyl (C=O) groups excluding carboxylic acids is 3. The topological polar surface area (TPSA) is 147 Å². The second-order valence-electron chi connectivity index (χ2n) is 11.7. The zero-order valence-electron chi connectivity index (χ0n) is 24.6. The number of carboxylic acid groups (broad SMARTS) is 1. The number of aliphatic carboxylic acids is 1. The van der Waals surface area contributed by atoms with Gasteiger partial charge >= 0.3 is 24.2 Å². The number of rotatable bonds is 11. The summed E-state index contributed by atoms with van der Waals surface area (Å²) in [7, 11) is 0. The third kappa shape index (κ3) is 13.3. The summed E-state index contributed by atoms with van der Waals surface area (Å²) in [5, 5.41) is 12.6. The molecule has 0 aliphatic carbocycles. The molecule has 0 aliphatic heterocycles. The van der Waals surface area contributed by atoms with E-state index < -0.39 is 41.6 Å². The second-order valence-corrected chi connectivity index (χ2v) is 11.7. The van der Waals surface area contributed by atoms with E-state index in [9.17, 15) is 24.3 Å². The molecule has 0 spiro atoms. The number of ether oxygens (including phenoxy) is 5. The zero-order chi connectivity index (χ0) is 30.1. The highest BCUT2D eigenvalue weighted by atomic mass is 16.8. The minimum atomic E-state index is -1.13. The van der Waals surface area contributed by atoms with Gasteiger partial charge in [-0.05, 0) is 78.5 Å². The smallest absolute Gasteiger partial charge is 0.480 e. The van der Waals surface area contributed by atoms with Gasteiger partial charge in [0.1, 0.15) is 23.3 Å². The van der Waals surface area contributed by atoms with Crippen LogP contribution in [0.3, 0.4) is 0 Å². The molecular formula is C28H43NO10. The van der Waals surface area contributed by atoms with Crippen molar-refractivity contribution in [2.45, 2.75) is 99.0 Å². The van der Waals surface area contributed by atoms with Crippen molar-refractivity contribution in [1.29, 1.82) is 0 Å². The molecule has 3 atom stereocenters. The summed E-state index contributed by atoms with van der Waals surface area (Å²) in [5.41, 5.74) is -1.20. The van der Waals surface area contributed by atoms with Gasteiger partial charge in [0, 0.05) is 6.54 Å². The molecule has 11 heteroatoms. The molecule has 0 bridgehead atoms. The lowest BCUT2D eigenvalue weighted by molar-refractivity contribution is -0.154. The van der Waals surface area contributed by atoms with E-state index in [4.69, 9.17) is 23.7 Å². The Bertz CT molecular complexity index is 1010. The molecule has 2 N–H and O–H groups in total. The molecule has 0 aromatic heterocycles. The van der Waals surface area contributed by atoms with Gasteiger partial charge in [0.05, 0.1) is 5.92 Å². The van der Waals surface area contributed by atoms with Gasteiger partial charge in [-0.2, -0.15) is 0 Å². The number of nitrogens with one attached hydrogen (secondary N) is 1. The van der Waals surface area contributed by atoms with E-state index in [-0.39, 0.29) is 42.3 Å². The molecule has 0 saturated heterocycles. The normalized spacial score (nSPS) is 14.1. The van der Waals surface area contributed by atoms with Crippen molar-refractivity contribution in [3.8, 4) is 11.5 Å². The number of hydrogen-bond acceptors (Lipinski definition) is 10. The Morgan fingerprint density at radius 2 is 1.36 bits per heavy atom. The van der Waals surface area contributed by atoms with Crippen LogP contribution < -0.4 is 14.8 Å². The summed E-state index contributed by atoms with van der Waals surface area (Å²) in [4.78, 5) is 48.7. The lowest BCUT2D eigenvalue weighted by Crippen LogP contribution is -2.43. The van der Waals surface area contributed by atoms with E-state index in [1.54, 1.807) is 55.4 Å². The number of esters is 1. The van der Waals surface area contributed by atoms with E-state index in [1.807, 2.05) is 13.8 Å². The maximum absolute atomic E-state index is 12.3. The van der Waals surface area contributed by atoms with Crippen LogP contribution in [-0.4, -0.2) is 59.2 Å². The third-order valence-electron chi connectivity index (χ3n) is 5.25. The lowest BCUT2D eigenvalue weighted by atomic mass is 9.98. The van der Waals surface area contributed by atoms with Crippen LogP contribution in [-0.2, 0) is 30.2 Å². The van der Waals surface area contributed by atoms with Crippen LogP contribution in [0.25, 0.3) is 0 Å². The largest absolute Gasteiger partial charge is 0.514 e. The van der Waals surface area contributed by atoms with Gasteiger partial charge in [-0.3, -0.25) is 9.59 Å². The Kier molecular flexibility index (Phi) is 12.2. The van der Waals surface area contributed by atoms with Crippen molar-refractivity contribution in [2.75, 3.05) is 6.54 Å². The van der Waals surface area contributed by atoms with Crippen molar-refractivity contribution in [2.24, 2.45) is 11.8 Å². The molecule has 1 aromatic carbocycles. The molecule has 39 heavy (non-hydrogen) atoms. The molecule has 220 valence electrons. The van der Waals surface area contributed by atoms with Crippen molar-refractivity contribution in [1.82, 2.24) is 5.32 Å². The Morgan fingerprint density at radius 3 is 1.82 bits per heavy atom. The first-order valence-electron chi connectivity index (χ1n) is 12.9. The van der Waals surface area contributed by atoms with E-state index in [2.05, 4.69) is 5.32 Å². The number of carbonyl (C=O) groups is 4. The molecule has 11 nitrogen and oxygen atoms in total. The fraction of sp³-hybridized carbons (Fsp3) is 0.643. The Morgan fingerprint density at radius 1 is 0.846 bits per heavy atom. The number of carboxylic acids is 1. The van der Waals surface area contributed by atoms with E-state index >= 15 is 0 Å². The molecule has 1 rings (SSSR count). The first kappa shape index (κ1) is 33.7. The maximum atomic E-state index is 12.3. The summed E-state index contributed by atoms with van der Waals surface area (Å²) in [5.74, 6) is -1.92. The van der Waals surface area contributed by atoms with Crippen LogP contribution in [0.5, 0.6) is 11.5 Å². The van der Waals surface area contributed by atoms with E-state index in [1.165, 1.54) is 18.2 Å². The SMILES string of the molecule is CC(CN[C@@H](Cc1ccc(OC(=O)OC(C)(C)C)c(OC(=O)OC(C)(C)C)c1)C(=O)O)OC(=O)C(C)C(C)C. The van der Waals surface area contributed by atoms with Crippen LogP contribution in [0.4, 0.5) is 9.59 Å². The van der Waals surface area contributed by atoms with Gasteiger partial charge < -0.3 is 34.1 Å². The van der Waals surface area contributed by atoms with Crippen molar-refractivity contribution in [3.63, 3.8) is 0 Å². The molecule has 0 radical (unpaired) electrons. The van der Waals surface area contributed by atoms with Crippen LogP contribution in [0.2, 0.25) is 0 Å². The maximum Gasteiger partial charge on any atom is 0.514 e. The van der Waals surface area contributed by atoms with E-state index in [0.717, 1.165) is 0 Å². The molecule has 0 heterocycles. The standard InChI is InChI=1S/C28H43NO10/c1-16(2)18(4)24(32)35-17(3)15-29-20(23(30)31)13-19-11-12-21(36-25(33)38-27(5,6)7)22(14-19)37-26(34)39-28(8,9)10/h11-12,14,16-18,20,29H,13,15H2,1-10H3,(H,30,31)/t17?,18?,20-/m0/s1. The van der Waals surface area contributed by atoms with Crippen LogP contribution in [0.1, 0.15) is 74.8 Å². The average Bonchev–Trinajstić information content (AvgIpc) is 2.74. The summed E-state index contributed by atoms with van der Waals surface area (Å²) >= 11 is 0. The average molecular weight is 554 g/mol. The molecule has 1 aromatic rings. The summed E-state index contributed by atoms with van der Waals surface area (Å²) in [6.45, 7) is 17.4. The van der Waals surface area contributed by atoms with Crippen molar-refractivity contribution < 1.29 is 48.0 Å². The minimum Gasteiger partial charge on any atom is -0.480 e. The summed E-state index contributed by atoms with van der Waals surface area (Å²) in [6.07, 6.45) is -2.62. The summed E-state index contributed by atoms with van der Waals surface area (Å²) < 4.78 is 26.3. The first-order chi connectivity index (χ1) is 17.8.